The fraction of sp³-hybridized carbons (Fsp3) is 0.500. The highest BCUT2D eigenvalue weighted by Crippen LogP contribution is 2.40. The number of nitrogens with zero attached hydrogens (tertiary/aromatic N) is 3. The number of Topliss-reactive ketones (excluding diaryl/α,β-unsaturated/α-hetero) is 1. The maximum absolute atomic E-state index is 12.2. The molecule has 5 heteroatoms. The van der Waals surface area contributed by atoms with Gasteiger partial charge in [0.15, 0.2) is 5.78 Å². The van der Waals surface area contributed by atoms with Crippen molar-refractivity contribution in [3.8, 4) is 0 Å². The van der Waals surface area contributed by atoms with Crippen LogP contribution in [0.1, 0.15) is 24.2 Å². The van der Waals surface area contributed by atoms with Gasteiger partial charge in [-0.3, -0.25) is 4.79 Å². The molecular formula is C16H19N3O2. The molecule has 0 N–H and O–H groups in total. The zero-order valence-electron chi connectivity index (χ0n) is 12.4. The smallest absolute Gasteiger partial charge is 0.169 e. The molecule has 0 aromatic carbocycles. The van der Waals surface area contributed by atoms with Gasteiger partial charge < -0.3 is 9.64 Å². The Morgan fingerprint density at radius 2 is 2.10 bits per heavy atom. The van der Waals surface area contributed by atoms with Gasteiger partial charge in [-0.2, -0.15) is 5.10 Å². The summed E-state index contributed by atoms with van der Waals surface area (Å²) in [5, 5.41) is 4.34. The lowest BCUT2D eigenvalue weighted by molar-refractivity contribution is -0.127. The number of fused-ring (bicyclic) bond motifs is 1. The van der Waals surface area contributed by atoms with E-state index in [0.29, 0.717) is 11.0 Å². The lowest BCUT2D eigenvalue weighted by Crippen LogP contribution is -2.66. The number of carbonyl (C=O) groups excluding carboxylic acids is 1. The summed E-state index contributed by atoms with van der Waals surface area (Å²) in [5.74, 6) is 0.138. The molecule has 2 fully saturated rings. The van der Waals surface area contributed by atoms with Crippen molar-refractivity contribution in [2.24, 2.45) is 11.3 Å². The lowest BCUT2D eigenvalue weighted by atomic mass is 9.78. The zero-order valence-corrected chi connectivity index (χ0v) is 12.4. The van der Waals surface area contributed by atoms with E-state index in [2.05, 4.69) is 16.1 Å². The third-order valence-corrected chi connectivity index (χ3v) is 4.52. The van der Waals surface area contributed by atoms with Crippen LogP contribution in [0, 0.1) is 11.3 Å². The van der Waals surface area contributed by atoms with Crippen molar-refractivity contribution in [3.63, 3.8) is 0 Å². The summed E-state index contributed by atoms with van der Waals surface area (Å²) >= 11 is 0. The van der Waals surface area contributed by atoms with Gasteiger partial charge in [-0.1, -0.05) is 13.8 Å². The topological polar surface area (TPSA) is 46.8 Å². The number of ketones is 1. The van der Waals surface area contributed by atoms with Crippen LogP contribution in [-0.4, -0.2) is 41.7 Å². The summed E-state index contributed by atoms with van der Waals surface area (Å²) < 4.78 is 7.12. The van der Waals surface area contributed by atoms with E-state index in [1.165, 1.54) is 0 Å². The molecule has 110 valence electrons. The van der Waals surface area contributed by atoms with Crippen LogP contribution >= 0.6 is 0 Å². The molecule has 0 amide bonds. The molecule has 2 saturated heterocycles. The summed E-state index contributed by atoms with van der Waals surface area (Å²) in [6.45, 7) is 7.72. The molecule has 0 radical (unpaired) electrons. The van der Waals surface area contributed by atoms with Gasteiger partial charge >= 0.3 is 0 Å². The average Bonchev–Trinajstić information content (AvgIpc) is 2.77. The van der Waals surface area contributed by atoms with E-state index in [1.807, 2.05) is 30.6 Å². The van der Waals surface area contributed by atoms with Gasteiger partial charge in [0.25, 0.3) is 0 Å². The van der Waals surface area contributed by atoms with Crippen LogP contribution < -0.4 is 4.90 Å². The van der Waals surface area contributed by atoms with Gasteiger partial charge in [0.05, 0.1) is 47.8 Å². The van der Waals surface area contributed by atoms with Crippen LogP contribution in [-0.2, 0) is 4.74 Å². The number of pyridine rings is 1. The number of rotatable bonds is 3. The Morgan fingerprint density at radius 3 is 2.71 bits per heavy atom. The molecule has 2 aromatic rings. The van der Waals surface area contributed by atoms with Crippen LogP contribution in [0.2, 0.25) is 0 Å². The zero-order chi connectivity index (χ0) is 14.6. The lowest BCUT2D eigenvalue weighted by Gasteiger charge is -2.55. The first kappa shape index (κ1) is 12.8. The summed E-state index contributed by atoms with van der Waals surface area (Å²) in [7, 11) is 0. The van der Waals surface area contributed by atoms with Gasteiger partial charge in [-0.25, -0.2) is 4.52 Å². The van der Waals surface area contributed by atoms with Crippen molar-refractivity contribution < 1.29 is 9.53 Å². The second-order valence-electron chi connectivity index (χ2n) is 6.64. The summed E-state index contributed by atoms with van der Waals surface area (Å²) in [6, 6.07) is 4.08. The first-order valence-electron chi connectivity index (χ1n) is 7.42. The van der Waals surface area contributed by atoms with Crippen molar-refractivity contribution >= 4 is 17.0 Å². The van der Waals surface area contributed by atoms with E-state index < -0.39 is 0 Å². The molecule has 0 bridgehead atoms. The predicted octanol–water partition coefficient (Wildman–Crippen LogP) is 2.01. The number of aromatic nitrogens is 2. The monoisotopic (exact) mass is 285 g/mol. The molecule has 1 spiro atoms. The summed E-state index contributed by atoms with van der Waals surface area (Å²) in [5.41, 5.74) is 3.16. The quantitative estimate of drug-likeness (QED) is 0.809. The predicted molar refractivity (Wildman–Crippen MR) is 79.8 cm³/mol. The number of anilines is 1. The van der Waals surface area contributed by atoms with Crippen LogP contribution in [0.25, 0.3) is 5.52 Å². The molecule has 2 aliphatic rings. The van der Waals surface area contributed by atoms with Crippen LogP contribution in [0.3, 0.4) is 0 Å². The van der Waals surface area contributed by atoms with E-state index in [9.17, 15) is 4.79 Å². The Hall–Kier alpha value is -1.88. The molecular weight excluding hydrogens is 266 g/mol. The summed E-state index contributed by atoms with van der Waals surface area (Å²) in [4.78, 5) is 14.5. The fourth-order valence-electron chi connectivity index (χ4n) is 3.18. The van der Waals surface area contributed by atoms with E-state index in [1.54, 1.807) is 6.20 Å². The highest BCUT2D eigenvalue weighted by atomic mass is 16.5. The molecule has 0 atom stereocenters. The first-order chi connectivity index (χ1) is 10.1. The Kier molecular flexibility index (Phi) is 2.63. The Labute approximate surface area is 123 Å². The Bertz CT molecular complexity index is 707. The Balaban J connectivity index is 1.61. The second kappa shape index (κ2) is 4.31. The van der Waals surface area contributed by atoms with Gasteiger partial charge in [0.1, 0.15) is 0 Å². The largest absolute Gasteiger partial charge is 0.380 e. The standard InChI is InChI=1S/C16H19N3O2/c1-11(2)15(20)13-5-17-19-6-12(3-4-14(13)19)18-7-16(8-18)9-21-10-16/h3-6,11H,7-10H2,1-2H3. The molecule has 5 nitrogen and oxygen atoms in total. The van der Waals surface area contributed by atoms with Crippen molar-refractivity contribution in [2.75, 3.05) is 31.2 Å². The molecule has 0 saturated carbocycles. The molecule has 4 rings (SSSR count). The van der Waals surface area contributed by atoms with Gasteiger partial charge in [-0.15, -0.1) is 0 Å². The SMILES string of the molecule is CC(C)C(=O)c1cnn2cc(N3CC4(COC4)C3)ccc12. The minimum Gasteiger partial charge on any atom is -0.380 e. The third-order valence-electron chi connectivity index (χ3n) is 4.52. The van der Waals surface area contributed by atoms with Crippen molar-refractivity contribution in [3.05, 3.63) is 30.1 Å². The number of carbonyl (C=O) groups is 1. The third kappa shape index (κ3) is 1.87. The van der Waals surface area contributed by atoms with Crippen molar-refractivity contribution in [1.82, 2.24) is 9.61 Å². The van der Waals surface area contributed by atoms with E-state index in [0.717, 1.165) is 37.5 Å². The van der Waals surface area contributed by atoms with Gasteiger partial charge in [0, 0.05) is 19.0 Å². The average molecular weight is 285 g/mol. The minimum absolute atomic E-state index is 0.00784. The normalized spacial score (nSPS) is 19.9. The molecule has 0 unspecified atom stereocenters. The molecule has 4 heterocycles. The molecule has 2 aliphatic heterocycles. The van der Waals surface area contributed by atoms with Crippen molar-refractivity contribution in [1.29, 1.82) is 0 Å². The number of ether oxygens (including phenoxy) is 1. The number of hydrogen-bond donors (Lipinski definition) is 0. The van der Waals surface area contributed by atoms with Crippen LogP contribution in [0.5, 0.6) is 0 Å². The van der Waals surface area contributed by atoms with E-state index in [-0.39, 0.29) is 11.7 Å². The Morgan fingerprint density at radius 1 is 1.33 bits per heavy atom. The van der Waals surface area contributed by atoms with Gasteiger partial charge in [-0.05, 0) is 12.1 Å². The molecule has 2 aromatic heterocycles. The fourth-order valence-corrected chi connectivity index (χ4v) is 3.18. The van der Waals surface area contributed by atoms with Crippen molar-refractivity contribution in [2.45, 2.75) is 13.8 Å². The summed E-state index contributed by atoms with van der Waals surface area (Å²) in [6.07, 6.45) is 3.69. The van der Waals surface area contributed by atoms with Crippen LogP contribution in [0.15, 0.2) is 24.5 Å². The molecule has 21 heavy (non-hydrogen) atoms. The van der Waals surface area contributed by atoms with Crippen LogP contribution in [0.4, 0.5) is 5.69 Å². The highest BCUT2D eigenvalue weighted by Gasteiger charge is 2.49. The maximum Gasteiger partial charge on any atom is 0.169 e. The highest BCUT2D eigenvalue weighted by molar-refractivity contribution is 6.03. The maximum atomic E-state index is 12.2. The minimum atomic E-state index is -0.00784. The number of hydrogen-bond acceptors (Lipinski definition) is 4. The molecule has 0 aliphatic carbocycles. The first-order valence-corrected chi connectivity index (χ1v) is 7.42. The van der Waals surface area contributed by atoms with Gasteiger partial charge in [0.2, 0.25) is 0 Å². The van der Waals surface area contributed by atoms with E-state index in [4.69, 9.17) is 4.74 Å². The van der Waals surface area contributed by atoms with E-state index >= 15 is 0 Å². The second-order valence-corrected chi connectivity index (χ2v) is 6.64.